The zero-order valence-electron chi connectivity index (χ0n) is 19.8. The van der Waals surface area contributed by atoms with Crippen molar-refractivity contribution < 1.29 is 18.3 Å². The summed E-state index contributed by atoms with van der Waals surface area (Å²) in [5.74, 6) is 4.95. The molecule has 2 heterocycles. The highest BCUT2D eigenvalue weighted by atomic mass is 32.2. The van der Waals surface area contributed by atoms with Gasteiger partial charge in [0, 0.05) is 34.1 Å². The lowest BCUT2D eigenvalue weighted by Gasteiger charge is -2.14. The number of aromatic nitrogens is 2. The minimum absolute atomic E-state index is 0.0512. The van der Waals surface area contributed by atoms with E-state index in [4.69, 9.17) is 0 Å². The Morgan fingerprint density at radius 3 is 2.41 bits per heavy atom. The van der Waals surface area contributed by atoms with Crippen LogP contribution in [0.3, 0.4) is 0 Å². The second-order valence-electron chi connectivity index (χ2n) is 8.25. The zero-order chi connectivity index (χ0) is 26.0. The summed E-state index contributed by atoms with van der Waals surface area (Å²) in [6, 6.07) is 21.1. The number of nitrogens with zero attached hydrogens (tertiary/aromatic N) is 2. The number of fused-ring (bicyclic) bond motifs is 2. The smallest absolute Gasteiger partial charge is 0.355 e. The highest BCUT2D eigenvalue weighted by Crippen LogP contribution is 2.29. The molecule has 0 aliphatic rings. The summed E-state index contributed by atoms with van der Waals surface area (Å²) in [5, 5.41) is 11.3. The van der Waals surface area contributed by atoms with Gasteiger partial charge in [-0.2, -0.15) is 0 Å². The first kappa shape index (κ1) is 24.0. The van der Waals surface area contributed by atoms with E-state index >= 15 is 0 Å². The van der Waals surface area contributed by atoms with Crippen LogP contribution in [0.5, 0.6) is 0 Å². The van der Waals surface area contributed by atoms with Gasteiger partial charge in [-0.1, -0.05) is 73.4 Å². The summed E-state index contributed by atoms with van der Waals surface area (Å²) in [6.07, 6.45) is 3.52. The van der Waals surface area contributed by atoms with Crippen LogP contribution in [0.15, 0.2) is 90.1 Å². The lowest BCUT2D eigenvalue weighted by molar-refractivity contribution is 0.0693. The van der Waals surface area contributed by atoms with Crippen molar-refractivity contribution in [2.24, 2.45) is 0 Å². The zero-order valence-corrected chi connectivity index (χ0v) is 20.6. The van der Waals surface area contributed by atoms with Crippen molar-refractivity contribution in [2.75, 3.05) is 4.72 Å². The van der Waals surface area contributed by atoms with Crippen LogP contribution >= 0.6 is 0 Å². The van der Waals surface area contributed by atoms with Crippen molar-refractivity contribution in [3.63, 3.8) is 0 Å². The molecule has 0 saturated heterocycles. The van der Waals surface area contributed by atoms with E-state index in [1.54, 1.807) is 60.8 Å². The van der Waals surface area contributed by atoms with Crippen molar-refractivity contribution in [3.05, 3.63) is 108 Å². The van der Waals surface area contributed by atoms with Gasteiger partial charge in [-0.15, -0.1) is 0 Å². The van der Waals surface area contributed by atoms with Crippen LogP contribution in [0.25, 0.3) is 21.7 Å². The SMILES string of the molecule is CCc1ccc2cccnc2c1S(=O)(=O)Nc1ccccc1C#Cc1cnc(C(=O)O)c2ccccc12. The van der Waals surface area contributed by atoms with Gasteiger partial charge in [-0.05, 0) is 30.2 Å². The number of rotatable bonds is 5. The van der Waals surface area contributed by atoms with Crippen LogP contribution in [-0.4, -0.2) is 29.5 Å². The Hall–Kier alpha value is -4.74. The number of carboxylic acid groups (broad SMARTS) is 1. The van der Waals surface area contributed by atoms with E-state index in [-0.39, 0.29) is 10.6 Å². The van der Waals surface area contributed by atoms with E-state index in [0.717, 1.165) is 5.39 Å². The predicted molar refractivity (Wildman–Crippen MR) is 143 cm³/mol. The maximum atomic E-state index is 13.6. The number of aromatic carboxylic acids is 1. The van der Waals surface area contributed by atoms with Gasteiger partial charge in [0.15, 0.2) is 5.69 Å². The van der Waals surface area contributed by atoms with E-state index in [1.807, 2.05) is 25.1 Å². The molecule has 0 spiro atoms. The number of sulfonamides is 1. The Morgan fingerprint density at radius 2 is 1.62 bits per heavy atom. The predicted octanol–water partition coefficient (Wildman–Crippen LogP) is 5.24. The largest absolute Gasteiger partial charge is 0.476 e. The first-order chi connectivity index (χ1) is 17.9. The molecule has 0 radical (unpaired) electrons. The molecule has 0 fully saturated rings. The summed E-state index contributed by atoms with van der Waals surface area (Å²) < 4.78 is 30.0. The maximum absolute atomic E-state index is 13.6. The van der Waals surface area contributed by atoms with Gasteiger partial charge in [0.2, 0.25) is 0 Å². The third-order valence-corrected chi connectivity index (χ3v) is 7.44. The Bertz CT molecular complexity index is 1850. The number of hydrogen-bond donors (Lipinski definition) is 2. The van der Waals surface area contributed by atoms with Crippen LogP contribution in [-0.2, 0) is 16.4 Å². The standard InChI is InChI=1S/C29H21N3O4S/c1-2-19-13-15-21-9-7-17-30-26(21)28(19)37(35,36)32-25-12-6-3-8-20(25)14-16-22-18-31-27(29(33)34)24-11-5-4-10-23(22)24/h3-13,15,17-18,32H,2H2,1H3,(H,33,34). The summed E-state index contributed by atoms with van der Waals surface area (Å²) in [4.78, 5) is 20.1. The van der Waals surface area contributed by atoms with Gasteiger partial charge >= 0.3 is 5.97 Å². The molecule has 8 heteroatoms. The molecule has 7 nitrogen and oxygen atoms in total. The molecule has 37 heavy (non-hydrogen) atoms. The number of aryl methyl sites for hydroxylation is 1. The normalized spacial score (nSPS) is 11.2. The van der Waals surface area contributed by atoms with Crippen molar-refractivity contribution in [2.45, 2.75) is 18.2 Å². The molecule has 0 unspecified atom stereocenters. The Labute approximate surface area is 213 Å². The second-order valence-corrected chi connectivity index (χ2v) is 9.87. The Morgan fingerprint density at radius 1 is 0.892 bits per heavy atom. The Kier molecular flexibility index (Phi) is 6.30. The Balaban J connectivity index is 1.58. The number of anilines is 1. The van der Waals surface area contributed by atoms with Gasteiger partial charge in [0.1, 0.15) is 4.90 Å². The number of hydrogen-bond acceptors (Lipinski definition) is 5. The molecule has 0 bridgehead atoms. The monoisotopic (exact) mass is 507 g/mol. The van der Waals surface area contributed by atoms with Crippen LogP contribution < -0.4 is 4.72 Å². The number of carboxylic acids is 1. The van der Waals surface area contributed by atoms with Crippen molar-refractivity contribution in [3.8, 4) is 11.8 Å². The summed E-state index contributed by atoms with van der Waals surface area (Å²) in [6.45, 7) is 1.90. The molecule has 5 rings (SSSR count). The molecule has 0 atom stereocenters. The molecular weight excluding hydrogens is 486 g/mol. The number of benzene rings is 3. The maximum Gasteiger partial charge on any atom is 0.355 e. The molecule has 5 aromatic rings. The lowest BCUT2D eigenvalue weighted by Crippen LogP contribution is -2.16. The van der Waals surface area contributed by atoms with Gasteiger partial charge in [-0.3, -0.25) is 9.71 Å². The van der Waals surface area contributed by atoms with Crippen molar-refractivity contribution in [1.82, 2.24) is 9.97 Å². The fourth-order valence-electron chi connectivity index (χ4n) is 4.21. The van der Waals surface area contributed by atoms with E-state index in [2.05, 4.69) is 26.5 Å². The number of carbonyl (C=O) groups is 1. The molecule has 0 aliphatic heterocycles. The highest BCUT2D eigenvalue weighted by molar-refractivity contribution is 7.93. The fourth-order valence-corrected chi connectivity index (χ4v) is 5.76. The van der Waals surface area contributed by atoms with Gasteiger partial charge in [0.25, 0.3) is 10.0 Å². The number of para-hydroxylation sites is 1. The van der Waals surface area contributed by atoms with Crippen molar-refractivity contribution >= 4 is 43.4 Å². The van der Waals surface area contributed by atoms with Gasteiger partial charge in [0.05, 0.1) is 16.8 Å². The van der Waals surface area contributed by atoms with Crippen LogP contribution in [0.1, 0.15) is 34.1 Å². The molecule has 3 aromatic carbocycles. The van der Waals surface area contributed by atoms with E-state index in [9.17, 15) is 18.3 Å². The van der Waals surface area contributed by atoms with Gasteiger partial charge < -0.3 is 5.11 Å². The molecule has 2 N–H and O–H groups in total. The second kappa shape index (κ2) is 9.72. The first-order valence-corrected chi connectivity index (χ1v) is 13.0. The van der Waals surface area contributed by atoms with Crippen LogP contribution in [0, 0.1) is 11.8 Å². The van der Waals surface area contributed by atoms with E-state index < -0.39 is 16.0 Å². The minimum atomic E-state index is -4.00. The van der Waals surface area contributed by atoms with Crippen LogP contribution in [0.4, 0.5) is 5.69 Å². The quantitative estimate of drug-likeness (QED) is 0.315. The summed E-state index contributed by atoms with van der Waals surface area (Å²) in [7, 11) is -4.00. The fraction of sp³-hybridized carbons (Fsp3) is 0.0690. The van der Waals surface area contributed by atoms with Crippen molar-refractivity contribution in [1.29, 1.82) is 0 Å². The summed E-state index contributed by atoms with van der Waals surface area (Å²) >= 11 is 0. The molecule has 0 aliphatic carbocycles. The molecule has 0 saturated carbocycles. The summed E-state index contributed by atoms with van der Waals surface area (Å²) in [5.41, 5.74) is 2.34. The minimum Gasteiger partial charge on any atom is -0.476 e. The van der Waals surface area contributed by atoms with E-state index in [1.165, 1.54) is 6.20 Å². The lowest BCUT2D eigenvalue weighted by atomic mass is 10.0. The average Bonchev–Trinajstić information content (AvgIpc) is 2.91. The molecular formula is C29H21N3O4S. The third-order valence-electron chi connectivity index (χ3n) is 5.96. The molecule has 182 valence electrons. The third kappa shape index (κ3) is 4.60. The molecule has 2 aromatic heterocycles. The van der Waals surface area contributed by atoms with Crippen LogP contribution in [0.2, 0.25) is 0 Å². The van der Waals surface area contributed by atoms with Gasteiger partial charge in [-0.25, -0.2) is 18.2 Å². The average molecular weight is 508 g/mol. The van der Waals surface area contributed by atoms with E-state index in [0.29, 0.717) is 45.1 Å². The molecule has 0 amide bonds. The highest BCUT2D eigenvalue weighted by Gasteiger charge is 2.23. The number of nitrogens with one attached hydrogen (secondary N) is 1. The topological polar surface area (TPSA) is 109 Å². The first-order valence-electron chi connectivity index (χ1n) is 11.5. The number of pyridine rings is 2.